The zero-order chi connectivity index (χ0) is 18.1. The van der Waals surface area contributed by atoms with Gasteiger partial charge in [-0.1, -0.05) is 48.3 Å². The van der Waals surface area contributed by atoms with E-state index in [1.165, 1.54) is 0 Å². The number of hydroxylamine groups is 1. The molecule has 0 saturated heterocycles. The Morgan fingerprint density at radius 3 is 2.56 bits per heavy atom. The van der Waals surface area contributed by atoms with Gasteiger partial charge in [-0.15, -0.1) is 0 Å². The second kappa shape index (κ2) is 9.58. The van der Waals surface area contributed by atoms with Crippen LogP contribution < -0.4 is 10.8 Å². The minimum Gasteiger partial charge on any atom is -0.360 e. The fraction of sp³-hybridized carbons (Fsp3) is 0.389. The normalized spacial score (nSPS) is 10.5. The molecule has 1 aromatic heterocycles. The topological polar surface area (TPSA) is 104 Å². The number of carbonyl (C=O) groups is 2. The highest BCUT2D eigenvalue weighted by Crippen LogP contribution is 2.24. The van der Waals surface area contributed by atoms with Crippen molar-refractivity contribution in [1.29, 1.82) is 0 Å². The van der Waals surface area contributed by atoms with E-state index in [1.54, 1.807) is 12.4 Å². The minimum absolute atomic E-state index is 0.197. The van der Waals surface area contributed by atoms with E-state index < -0.39 is 0 Å². The van der Waals surface area contributed by atoms with E-state index in [1.807, 2.05) is 30.3 Å². The molecule has 0 aliphatic rings. The van der Waals surface area contributed by atoms with Crippen LogP contribution in [-0.2, 0) is 4.79 Å². The molecule has 0 aliphatic carbocycles. The molecule has 7 nitrogen and oxygen atoms in total. The maximum absolute atomic E-state index is 12.4. The van der Waals surface area contributed by atoms with Crippen molar-refractivity contribution < 1.29 is 19.3 Å². The van der Waals surface area contributed by atoms with Gasteiger partial charge in [0.05, 0.1) is 0 Å². The summed E-state index contributed by atoms with van der Waals surface area (Å²) in [6.45, 7) is 2.27. The van der Waals surface area contributed by atoms with Crippen LogP contribution in [0.25, 0.3) is 11.3 Å². The standard InChI is InChI=1S/C18H23N3O4/c1-13-16(17(21-25-13)14-9-5-4-6-10-14)18(23)19-12-8-3-2-7-11-15(22)20-24/h4-6,9-10,24H,2-3,7-8,11-12H2,1H3,(H,19,23)(H,20,22). The maximum Gasteiger partial charge on any atom is 0.257 e. The average Bonchev–Trinajstić information content (AvgIpc) is 3.02. The van der Waals surface area contributed by atoms with E-state index in [-0.39, 0.29) is 11.8 Å². The summed E-state index contributed by atoms with van der Waals surface area (Å²) in [5, 5.41) is 15.3. The largest absolute Gasteiger partial charge is 0.360 e. The van der Waals surface area contributed by atoms with Crippen molar-refractivity contribution >= 4 is 11.8 Å². The van der Waals surface area contributed by atoms with Crippen molar-refractivity contribution in [2.45, 2.75) is 39.0 Å². The zero-order valence-electron chi connectivity index (χ0n) is 14.2. The number of aromatic nitrogens is 1. The van der Waals surface area contributed by atoms with Gasteiger partial charge in [-0.2, -0.15) is 0 Å². The first-order chi connectivity index (χ1) is 12.1. The van der Waals surface area contributed by atoms with Gasteiger partial charge in [0.2, 0.25) is 5.91 Å². The van der Waals surface area contributed by atoms with E-state index in [4.69, 9.17) is 9.73 Å². The SMILES string of the molecule is Cc1onc(-c2ccccc2)c1C(=O)NCCCCCCC(=O)NO. The van der Waals surface area contributed by atoms with Crippen LogP contribution in [0.1, 0.15) is 48.2 Å². The molecule has 1 heterocycles. The molecular weight excluding hydrogens is 322 g/mol. The van der Waals surface area contributed by atoms with Crippen LogP contribution in [0, 0.1) is 6.92 Å². The molecular formula is C18H23N3O4. The van der Waals surface area contributed by atoms with E-state index in [0.29, 0.717) is 36.4 Å². The molecule has 0 radical (unpaired) electrons. The molecule has 0 atom stereocenters. The van der Waals surface area contributed by atoms with Crippen molar-refractivity contribution in [3.8, 4) is 11.3 Å². The first-order valence-corrected chi connectivity index (χ1v) is 8.36. The third-order valence-corrected chi connectivity index (χ3v) is 3.88. The second-order valence-corrected chi connectivity index (χ2v) is 5.78. The summed E-state index contributed by atoms with van der Waals surface area (Å²) in [4.78, 5) is 23.3. The van der Waals surface area contributed by atoms with Crippen molar-refractivity contribution in [2.75, 3.05) is 6.54 Å². The molecule has 2 rings (SSSR count). The summed E-state index contributed by atoms with van der Waals surface area (Å²) in [5.74, 6) is -0.0756. The molecule has 0 unspecified atom stereocenters. The van der Waals surface area contributed by atoms with Crippen LogP contribution in [0.2, 0.25) is 0 Å². The monoisotopic (exact) mass is 345 g/mol. The van der Waals surface area contributed by atoms with Crippen LogP contribution in [0.3, 0.4) is 0 Å². The molecule has 0 fully saturated rings. The molecule has 0 spiro atoms. The summed E-state index contributed by atoms with van der Waals surface area (Å²) < 4.78 is 5.19. The van der Waals surface area contributed by atoms with Gasteiger partial charge in [0.1, 0.15) is 17.0 Å². The van der Waals surface area contributed by atoms with Gasteiger partial charge in [-0.25, -0.2) is 5.48 Å². The summed E-state index contributed by atoms with van der Waals surface area (Å²) in [7, 11) is 0. The van der Waals surface area contributed by atoms with Crippen molar-refractivity contribution in [3.63, 3.8) is 0 Å². The summed E-state index contributed by atoms with van der Waals surface area (Å²) in [6.07, 6.45) is 3.60. The molecule has 2 aromatic rings. The Balaban J connectivity index is 1.80. The Labute approximate surface area is 146 Å². The zero-order valence-corrected chi connectivity index (χ0v) is 14.2. The van der Waals surface area contributed by atoms with Gasteiger partial charge in [0.15, 0.2) is 0 Å². The predicted molar refractivity (Wildman–Crippen MR) is 92.0 cm³/mol. The summed E-state index contributed by atoms with van der Waals surface area (Å²) in [6, 6.07) is 9.45. The lowest BCUT2D eigenvalue weighted by Gasteiger charge is -2.06. The Morgan fingerprint density at radius 1 is 1.12 bits per heavy atom. The molecule has 7 heteroatoms. The highest BCUT2D eigenvalue weighted by molar-refractivity contribution is 6.00. The van der Waals surface area contributed by atoms with Gasteiger partial charge >= 0.3 is 0 Å². The van der Waals surface area contributed by atoms with Crippen LogP contribution in [0.15, 0.2) is 34.9 Å². The van der Waals surface area contributed by atoms with Gasteiger partial charge in [-0.05, 0) is 19.8 Å². The number of aryl methyl sites for hydroxylation is 1. The average molecular weight is 345 g/mol. The number of amides is 2. The number of unbranched alkanes of at least 4 members (excludes halogenated alkanes) is 3. The molecule has 25 heavy (non-hydrogen) atoms. The second-order valence-electron chi connectivity index (χ2n) is 5.78. The summed E-state index contributed by atoms with van der Waals surface area (Å²) >= 11 is 0. The first-order valence-electron chi connectivity index (χ1n) is 8.36. The van der Waals surface area contributed by atoms with Crippen LogP contribution in [0.5, 0.6) is 0 Å². The third kappa shape index (κ3) is 5.42. The molecule has 0 aliphatic heterocycles. The lowest BCUT2D eigenvalue weighted by Crippen LogP contribution is -2.25. The molecule has 0 bridgehead atoms. The van der Waals surface area contributed by atoms with Crippen molar-refractivity contribution in [1.82, 2.24) is 16.0 Å². The smallest absolute Gasteiger partial charge is 0.257 e. The lowest BCUT2D eigenvalue weighted by atomic mass is 10.1. The number of hydrogen-bond acceptors (Lipinski definition) is 5. The van der Waals surface area contributed by atoms with Crippen LogP contribution >= 0.6 is 0 Å². The van der Waals surface area contributed by atoms with Gasteiger partial charge in [0.25, 0.3) is 5.91 Å². The van der Waals surface area contributed by atoms with E-state index in [2.05, 4.69) is 10.5 Å². The Hall–Kier alpha value is -2.67. The lowest BCUT2D eigenvalue weighted by molar-refractivity contribution is -0.129. The Kier molecular flexibility index (Phi) is 7.16. The van der Waals surface area contributed by atoms with Gasteiger partial charge in [-0.3, -0.25) is 14.8 Å². The van der Waals surface area contributed by atoms with E-state index >= 15 is 0 Å². The number of nitrogens with one attached hydrogen (secondary N) is 2. The molecule has 134 valence electrons. The number of carbonyl (C=O) groups excluding carboxylic acids is 2. The van der Waals surface area contributed by atoms with E-state index in [0.717, 1.165) is 24.8 Å². The van der Waals surface area contributed by atoms with Crippen molar-refractivity contribution in [2.24, 2.45) is 0 Å². The van der Waals surface area contributed by atoms with Crippen molar-refractivity contribution in [3.05, 3.63) is 41.7 Å². The predicted octanol–water partition coefficient (Wildman–Crippen LogP) is 2.84. The Morgan fingerprint density at radius 2 is 1.84 bits per heavy atom. The summed E-state index contributed by atoms with van der Waals surface area (Å²) in [5.41, 5.74) is 3.46. The number of nitrogens with zero attached hydrogens (tertiary/aromatic N) is 1. The van der Waals surface area contributed by atoms with Crippen LogP contribution in [0.4, 0.5) is 0 Å². The third-order valence-electron chi connectivity index (χ3n) is 3.88. The highest BCUT2D eigenvalue weighted by Gasteiger charge is 2.20. The number of rotatable bonds is 9. The van der Waals surface area contributed by atoms with E-state index in [9.17, 15) is 9.59 Å². The van der Waals surface area contributed by atoms with Crippen LogP contribution in [-0.4, -0.2) is 28.7 Å². The fourth-order valence-corrected chi connectivity index (χ4v) is 2.54. The molecule has 3 N–H and O–H groups in total. The number of benzene rings is 1. The highest BCUT2D eigenvalue weighted by atomic mass is 16.5. The molecule has 2 amide bonds. The fourth-order valence-electron chi connectivity index (χ4n) is 2.54. The first kappa shape index (κ1) is 18.7. The minimum atomic E-state index is -0.371. The quantitative estimate of drug-likeness (QED) is 0.368. The number of hydrogen-bond donors (Lipinski definition) is 3. The molecule has 0 saturated carbocycles. The molecule has 1 aromatic carbocycles. The van der Waals surface area contributed by atoms with Gasteiger partial charge in [0, 0.05) is 18.5 Å². The Bertz CT molecular complexity index is 698. The van der Waals surface area contributed by atoms with Gasteiger partial charge < -0.3 is 9.84 Å². The maximum atomic E-state index is 12.4.